The third-order valence-electron chi connectivity index (χ3n) is 3.49. The third kappa shape index (κ3) is 2.45. The second kappa shape index (κ2) is 5.47. The van der Waals surface area contributed by atoms with Crippen LogP contribution in [0, 0.1) is 0 Å². The van der Waals surface area contributed by atoms with Crippen molar-refractivity contribution in [1.29, 1.82) is 0 Å². The van der Waals surface area contributed by atoms with Gasteiger partial charge in [0.2, 0.25) is 0 Å². The summed E-state index contributed by atoms with van der Waals surface area (Å²) in [5.41, 5.74) is 1.97. The van der Waals surface area contributed by atoms with Crippen LogP contribution in [0.4, 0.5) is 0 Å². The van der Waals surface area contributed by atoms with Crippen LogP contribution in [0.5, 0.6) is 0 Å². The van der Waals surface area contributed by atoms with E-state index in [9.17, 15) is 9.90 Å². The first-order valence-electron chi connectivity index (χ1n) is 6.48. The van der Waals surface area contributed by atoms with Crippen molar-refractivity contribution in [1.82, 2.24) is 0 Å². The van der Waals surface area contributed by atoms with Gasteiger partial charge in [0.15, 0.2) is 0 Å². The lowest BCUT2D eigenvalue weighted by Gasteiger charge is -2.12. The molecule has 1 aromatic heterocycles. The van der Waals surface area contributed by atoms with Crippen molar-refractivity contribution in [2.75, 3.05) is 0 Å². The van der Waals surface area contributed by atoms with Gasteiger partial charge in [0, 0.05) is 4.70 Å². The van der Waals surface area contributed by atoms with E-state index in [2.05, 4.69) is 17.5 Å². The smallest absolute Gasteiger partial charge is 0.311 e. The van der Waals surface area contributed by atoms with Crippen LogP contribution in [0.25, 0.3) is 10.1 Å². The van der Waals surface area contributed by atoms with Crippen LogP contribution in [0.15, 0.2) is 60.0 Å². The fourth-order valence-electron chi connectivity index (χ4n) is 2.44. The topological polar surface area (TPSA) is 37.3 Å². The molecule has 0 saturated carbocycles. The maximum Gasteiger partial charge on any atom is 0.311 e. The van der Waals surface area contributed by atoms with Crippen LogP contribution in [0.2, 0.25) is 0 Å². The number of fused-ring (bicyclic) bond motifs is 1. The number of carboxylic acid groups (broad SMARTS) is 1. The van der Waals surface area contributed by atoms with Gasteiger partial charge in [-0.3, -0.25) is 4.79 Å². The molecule has 0 aliphatic heterocycles. The summed E-state index contributed by atoms with van der Waals surface area (Å²) in [6.07, 6.45) is 0.531. The van der Waals surface area contributed by atoms with Gasteiger partial charge in [0.05, 0.1) is 5.92 Å². The molecule has 0 spiro atoms. The molecule has 0 bridgehead atoms. The second-order valence-corrected chi connectivity index (χ2v) is 5.67. The van der Waals surface area contributed by atoms with E-state index in [4.69, 9.17) is 0 Å². The summed E-state index contributed by atoms with van der Waals surface area (Å²) < 4.78 is 1.21. The Kier molecular flexibility index (Phi) is 3.52. The third-order valence-corrected chi connectivity index (χ3v) is 4.50. The first kappa shape index (κ1) is 12.9. The number of rotatable bonds is 4. The normalized spacial score (nSPS) is 12.4. The Morgan fingerprint density at radius 1 is 1.05 bits per heavy atom. The highest BCUT2D eigenvalue weighted by molar-refractivity contribution is 7.17. The molecule has 0 aliphatic rings. The highest BCUT2D eigenvalue weighted by Gasteiger charge is 2.21. The van der Waals surface area contributed by atoms with E-state index in [1.165, 1.54) is 10.1 Å². The number of hydrogen-bond donors (Lipinski definition) is 1. The van der Waals surface area contributed by atoms with Crippen molar-refractivity contribution in [3.8, 4) is 0 Å². The average molecular weight is 282 g/mol. The average Bonchev–Trinajstić information content (AvgIpc) is 2.88. The summed E-state index contributed by atoms with van der Waals surface area (Å²) in [5, 5.41) is 12.7. The van der Waals surface area contributed by atoms with Gasteiger partial charge in [-0.1, -0.05) is 48.5 Å². The molecule has 3 rings (SSSR count). The number of carbonyl (C=O) groups is 1. The summed E-state index contributed by atoms with van der Waals surface area (Å²) in [5.74, 6) is -1.26. The number of aliphatic carboxylic acids is 1. The standard InChI is InChI=1S/C17H14O2S/c18-17(19)15(12-6-2-1-3-7-12)10-13-11-20-16-9-5-4-8-14(13)16/h1-9,11,15H,10H2,(H,18,19). The van der Waals surface area contributed by atoms with E-state index in [0.29, 0.717) is 6.42 Å². The molecule has 1 atom stereocenters. The van der Waals surface area contributed by atoms with Crippen molar-refractivity contribution in [3.05, 3.63) is 71.1 Å². The molecule has 0 amide bonds. The molecule has 1 N–H and O–H groups in total. The minimum atomic E-state index is -0.772. The Morgan fingerprint density at radius 2 is 1.75 bits per heavy atom. The van der Waals surface area contributed by atoms with Crippen LogP contribution in [-0.4, -0.2) is 11.1 Å². The first-order chi connectivity index (χ1) is 9.75. The van der Waals surface area contributed by atoms with Gasteiger partial charge in [-0.05, 0) is 34.4 Å². The highest BCUT2D eigenvalue weighted by atomic mass is 32.1. The quantitative estimate of drug-likeness (QED) is 0.774. The lowest BCUT2D eigenvalue weighted by Crippen LogP contribution is -2.14. The first-order valence-corrected chi connectivity index (χ1v) is 7.36. The Hall–Kier alpha value is -2.13. The molecule has 0 saturated heterocycles. The van der Waals surface area contributed by atoms with E-state index in [-0.39, 0.29) is 0 Å². The fraction of sp³-hybridized carbons (Fsp3) is 0.118. The molecule has 1 unspecified atom stereocenters. The Morgan fingerprint density at radius 3 is 2.50 bits per heavy atom. The molecular formula is C17H14O2S. The maximum atomic E-state index is 11.6. The molecule has 3 heteroatoms. The van der Waals surface area contributed by atoms with E-state index in [1.54, 1.807) is 11.3 Å². The number of carboxylic acids is 1. The van der Waals surface area contributed by atoms with Gasteiger partial charge in [-0.15, -0.1) is 11.3 Å². The van der Waals surface area contributed by atoms with E-state index in [1.807, 2.05) is 42.5 Å². The maximum absolute atomic E-state index is 11.6. The molecule has 0 radical (unpaired) electrons. The SMILES string of the molecule is O=C(O)C(Cc1csc2ccccc12)c1ccccc1. The van der Waals surface area contributed by atoms with Gasteiger partial charge in [0.1, 0.15) is 0 Å². The lowest BCUT2D eigenvalue weighted by molar-refractivity contribution is -0.138. The van der Waals surface area contributed by atoms with Crippen molar-refractivity contribution < 1.29 is 9.90 Å². The Labute approximate surface area is 121 Å². The van der Waals surface area contributed by atoms with Gasteiger partial charge < -0.3 is 5.11 Å². The molecule has 3 aromatic rings. The lowest BCUT2D eigenvalue weighted by atomic mass is 9.92. The molecular weight excluding hydrogens is 268 g/mol. The van der Waals surface area contributed by atoms with Crippen molar-refractivity contribution in [3.63, 3.8) is 0 Å². The van der Waals surface area contributed by atoms with Gasteiger partial charge >= 0.3 is 5.97 Å². The van der Waals surface area contributed by atoms with Crippen LogP contribution in [0.1, 0.15) is 17.0 Å². The van der Waals surface area contributed by atoms with Crippen molar-refractivity contribution >= 4 is 27.4 Å². The largest absolute Gasteiger partial charge is 0.481 e. The zero-order valence-electron chi connectivity index (χ0n) is 10.8. The minimum Gasteiger partial charge on any atom is -0.481 e. The summed E-state index contributed by atoms with van der Waals surface area (Å²) >= 11 is 1.67. The number of benzene rings is 2. The predicted octanol–water partition coefficient (Wildman–Crippen LogP) is 4.31. The van der Waals surface area contributed by atoms with Gasteiger partial charge in [0.25, 0.3) is 0 Å². The molecule has 1 heterocycles. The molecule has 0 aliphatic carbocycles. The zero-order chi connectivity index (χ0) is 13.9. The van der Waals surface area contributed by atoms with Gasteiger partial charge in [-0.2, -0.15) is 0 Å². The summed E-state index contributed by atoms with van der Waals surface area (Å²) in [6, 6.07) is 17.6. The molecule has 20 heavy (non-hydrogen) atoms. The van der Waals surface area contributed by atoms with Crippen LogP contribution < -0.4 is 0 Å². The van der Waals surface area contributed by atoms with Crippen molar-refractivity contribution in [2.45, 2.75) is 12.3 Å². The van der Waals surface area contributed by atoms with E-state index in [0.717, 1.165) is 11.1 Å². The summed E-state index contributed by atoms with van der Waals surface area (Å²) in [4.78, 5) is 11.6. The molecule has 2 aromatic carbocycles. The van der Waals surface area contributed by atoms with E-state index < -0.39 is 11.9 Å². The van der Waals surface area contributed by atoms with Crippen LogP contribution in [0.3, 0.4) is 0 Å². The van der Waals surface area contributed by atoms with Crippen LogP contribution >= 0.6 is 11.3 Å². The number of thiophene rings is 1. The highest BCUT2D eigenvalue weighted by Crippen LogP contribution is 2.30. The molecule has 100 valence electrons. The minimum absolute atomic E-state index is 0.491. The Balaban J connectivity index is 1.97. The van der Waals surface area contributed by atoms with E-state index >= 15 is 0 Å². The van der Waals surface area contributed by atoms with Crippen LogP contribution in [-0.2, 0) is 11.2 Å². The monoisotopic (exact) mass is 282 g/mol. The summed E-state index contributed by atoms with van der Waals surface area (Å²) in [6.45, 7) is 0. The second-order valence-electron chi connectivity index (χ2n) is 4.76. The predicted molar refractivity (Wildman–Crippen MR) is 82.3 cm³/mol. The summed E-state index contributed by atoms with van der Waals surface area (Å²) in [7, 11) is 0. The molecule has 2 nitrogen and oxygen atoms in total. The van der Waals surface area contributed by atoms with Gasteiger partial charge in [-0.25, -0.2) is 0 Å². The fourth-order valence-corrected chi connectivity index (χ4v) is 3.42. The number of hydrogen-bond acceptors (Lipinski definition) is 2. The zero-order valence-corrected chi connectivity index (χ0v) is 11.6. The Bertz CT molecular complexity index is 731. The molecule has 0 fully saturated rings. The van der Waals surface area contributed by atoms with Crippen molar-refractivity contribution in [2.24, 2.45) is 0 Å².